The summed E-state index contributed by atoms with van der Waals surface area (Å²) in [4.78, 5) is 13.6. The van der Waals surface area contributed by atoms with Crippen molar-refractivity contribution in [2.75, 3.05) is 26.3 Å². The van der Waals surface area contributed by atoms with Gasteiger partial charge in [0.2, 0.25) is 0 Å². The lowest BCUT2D eigenvalue weighted by molar-refractivity contribution is -0.0478. The Balaban J connectivity index is 2.00. The lowest BCUT2D eigenvalue weighted by atomic mass is 9.92. The van der Waals surface area contributed by atoms with Crippen molar-refractivity contribution in [2.24, 2.45) is 5.92 Å². The first-order valence-corrected chi connectivity index (χ1v) is 6.09. The highest BCUT2D eigenvalue weighted by Crippen LogP contribution is 2.39. The van der Waals surface area contributed by atoms with E-state index in [1.165, 1.54) is 0 Å². The standard InChI is InChI=1S/C12H21NO4/c1-11(2,3)17-10(15)13-6-9-4-5-16-12(9,7-13)8-14/h9,14H,4-8H2,1-3H3/t9-,12-/m0/s1. The van der Waals surface area contributed by atoms with Gasteiger partial charge in [-0.15, -0.1) is 0 Å². The highest BCUT2D eigenvalue weighted by molar-refractivity contribution is 5.68. The molecule has 0 spiro atoms. The normalized spacial score (nSPS) is 32.7. The molecule has 0 radical (unpaired) electrons. The van der Waals surface area contributed by atoms with Crippen LogP contribution in [-0.4, -0.2) is 53.6 Å². The van der Waals surface area contributed by atoms with Gasteiger partial charge in [-0.1, -0.05) is 0 Å². The Labute approximate surface area is 102 Å². The second-order valence-corrected chi connectivity index (χ2v) is 5.92. The predicted octanol–water partition coefficient (Wildman–Crippen LogP) is 1.00. The SMILES string of the molecule is CC(C)(C)OC(=O)N1C[C@@H]2CCO[C@]2(CO)C1. The van der Waals surface area contributed by atoms with E-state index in [1.807, 2.05) is 20.8 Å². The van der Waals surface area contributed by atoms with Crippen molar-refractivity contribution in [3.05, 3.63) is 0 Å². The first kappa shape index (κ1) is 12.6. The van der Waals surface area contributed by atoms with Crippen molar-refractivity contribution in [3.8, 4) is 0 Å². The van der Waals surface area contributed by atoms with Gasteiger partial charge in [-0.05, 0) is 27.2 Å². The van der Waals surface area contributed by atoms with Crippen molar-refractivity contribution in [1.82, 2.24) is 4.90 Å². The Morgan fingerprint density at radius 2 is 2.29 bits per heavy atom. The molecule has 0 saturated carbocycles. The first-order valence-electron chi connectivity index (χ1n) is 6.09. The van der Waals surface area contributed by atoms with Crippen LogP contribution in [0.1, 0.15) is 27.2 Å². The van der Waals surface area contributed by atoms with Crippen LogP contribution in [0.15, 0.2) is 0 Å². The number of carbonyl (C=O) groups excluding carboxylic acids is 1. The van der Waals surface area contributed by atoms with Gasteiger partial charge in [-0.3, -0.25) is 0 Å². The second-order valence-electron chi connectivity index (χ2n) is 5.92. The molecule has 1 N–H and O–H groups in total. The van der Waals surface area contributed by atoms with E-state index in [9.17, 15) is 9.90 Å². The quantitative estimate of drug-likeness (QED) is 0.746. The maximum atomic E-state index is 11.9. The maximum absolute atomic E-state index is 11.9. The average Bonchev–Trinajstić information content (AvgIpc) is 2.70. The van der Waals surface area contributed by atoms with Crippen molar-refractivity contribution in [2.45, 2.75) is 38.4 Å². The monoisotopic (exact) mass is 243 g/mol. The molecule has 2 fully saturated rings. The fourth-order valence-electron chi connectivity index (χ4n) is 2.56. The molecule has 0 aromatic heterocycles. The molecule has 0 aromatic rings. The molecule has 2 aliphatic rings. The van der Waals surface area contributed by atoms with Gasteiger partial charge in [0.05, 0.1) is 13.2 Å². The van der Waals surface area contributed by atoms with Gasteiger partial charge in [-0.25, -0.2) is 4.79 Å². The van der Waals surface area contributed by atoms with E-state index in [2.05, 4.69) is 0 Å². The summed E-state index contributed by atoms with van der Waals surface area (Å²) in [5, 5.41) is 9.46. The average molecular weight is 243 g/mol. The molecule has 2 saturated heterocycles. The number of aliphatic hydroxyl groups excluding tert-OH is 1. The van der Waals surface area contributed by atoms with Crippen molar-refractivity contribution >= 4 is 6.09 Å². The summed E-state index contributed by atoms with van der Waals surface area (Å²) in [6.45, 7) is 7.24. The molecule has 5 nitrogen and oxygen atoms in total. The van der Waals surface area contributed by atoms with Crippen molar-refractivity contribution < 1.29 is 19.4 Å². The van der Waals surface area contributed by atoms with E-state index >= 15 is 0 Å². The number of hydrogen-bond donors (Lipinski definition) is 1. The minimum atomic E-state index is -0.545. The van der Waals surface area contributed by atoms with E-state index in [1.54, 1.807) is 4.90 Å². The molecule has 0 aliphatic carbocycles. The fraction of sp³-hybridized carbons (Fsp3) is 0.917. The van der Waals surface area contributed by atoms with E-state index in [-0.39, 0.29) is 18.6 Å². The highest BCUT2D eigenvalue weighted by Gasteiger charge is 2.52. The summed E-state index contributed by atoms with van der Waals surface area (Å²) in [6.07, 6.45) is 0.586. The fourth-order valence-corrected chi connectivity index (χ4v) is 2.56. The number of carbonyl (C=O) groups is 1. The highest BCUT2D eigenvalue weighted by atomic mass is 16.6. The molecule has 1 amide bonds. The Hall–Kier alpha value is -0.810. The molecular weight excluding hydrogens is 222 g/mol. The van der Waals surface area contributed by atoms with Crippen LogP contribution >= 0.6 is 0 Å². The van der Waals surface area contributed by atoms with Gasteiger partial charge < -0.3 is 19.5 Å². The summed E-state index contributed by atoms with van der Waals surface area (Å²) < 4.78 is 11.0. The molecule has 0 unspecified atom stereocenters. The van der Waals surface area contributed by atoms with Crippen LogP contribution in [0.3, 0.4) is 0 Å². The molecule has 0 aromatic carbocycles. The molecule has 0 bridgehead atoms. The smallest absolute Gasteiger partial charge is 0.410 e. The van der Waals surface area contributed by atoms with Gasteiger partial charge in [0.15, 0.2) is 0 Å². The molecule has 2 rings (SSSR count). The first-order chi connectivity index (χ1) is 7.86. The van der Waals surface area contributed by atoms with E-state index < -0.39 is 11.2 Å². The third kappa shape index (κ3) is 2.40. The van der Waals surface area contributed by atoms with Gasteiger partial charge in [0.1, 0.15) is 11.2 Å². The van der Waals surface area contributed by atoms with Crippen LogP contribution in [0.25, 0.3) is 0 Å². The van der Waals surface area contributed by atoms with Gasteiger partial charge >= 0.3 is 6.09 Å². The van der Waals surface area contributed by atoms with Crippen LogP contribution in [-0.2, 0) is 9.47 Å². The summed E-state index contributed by atoms with van der Waals surface area (Å²) in [6, 6.07) is 0. The van der Waals surface area contributed by atoms with Crippen molar-refractivity contribution in [1.29, 1.82) is 0 Å². The van der Waals surface area contributed by atoms with Gasteiger partial charge in [0, 0.05) is 19.1 Å². The summed E-state index contributed by atoms with van der Waals surface area (Å²) in [7, 11) is 0. The Morgan fingerprint density at radius 1 is 1.59 bits per heavy atom. The topological polar surface area (TPSA) is 59.0 Å². The zero-order chi connectivity index (χ0) is 12.7. The Bertz CT molecular complexity index is 312. The Morgan fingerprint density at radius 3 is 2.82 bits per heavy atom. The molecule has 17 heavy (non-hydrogen) atoms. The molecule has 2 atom stereocenters. The van der Waals surface area contributed by atoms with Crippen LogP contribution in [0.2, 0.25) is 0 Å². The third-order valence-electron chi connectivity index (χ3n) is 3.42. The summed E-state index contributed by atoms with van der Waals surface area (Å²) in [5.41, 5.74) is -1.03. The summed E-state index contributed by atoms with van der Waals surface area (Å²) >= 11 is 0. The van der Waals surface area contributed by atoms with E-state index in [0.29, 0.717) is 19.7 Å². The third-order valence-corrected chi connectivity index (χ3v) is 3.42. The molecule has 98 valence electrons. The van der Waals surface area contributed by atoms with Crippen molar-refractivity contribution in [3.63, 3.8) is 0 Å². The zero-order valence-corrected chi connectivity index (χ0v) is 10.7. The number of fused-ring (bicyclic) bond motifs is 1. The maximum Gasteiger partial charge on any atom is 0.410 e. The van der Waals surface area contributed by atoms with Crippen LogP contribution in [0.5, 0.6) is 0 Å². The largest absolute Gasteiger partial charge is 0.444 e. The Kier molecular flexibility index (Phi) is 3.08. The van der Waals surface area contributed by atoms with E-state index in [0.717, 1.165) is 6.42 Å². The van der Waals surface area contributed by atoms with Crippen LogP contribution < -0.4 is 0 Å². The second kappa shape index (κ2) is 4.14. The molecular formula is C12H21NO4. The lowest BCUT2D eigenvalue weighted by Gasteiger charge is -2.27. The number of nitrogens with zero attached hydrogens (tertiary/aromatic N) is 1. The number of aliphatic hydroxyl groups is 1. The van der Waals surface area contributed by atoms with Crippen LogP contribution in [0, 0.1) is 5.92 Å². The number of likely N-dealkylation sites (tertiary alicyclic amines) is 1. The van der Waals surface area contributed by atoms with Gasteiger partial charge in [-0.2, -0.15) is 0 Å². The van der Waals surface area contributed by atoms with Gasteiger partial charge in [0.25, 0.3) is 0 Å². The number of rotatable bonds is 1. The van der Waals surface area contributed by atoms with Crippen LogP contribution in [0.4, 0.5) is 4.79 Å². The number of ether oxygens (including phenoxy) is 2. The number of hydrogen-bond acceptors (Lipinski definition) is 4. The summed E-state index contributed by atoms with van der Waals surface area (Å²) in [5.74, 6) is 0.236. The lowest BCUT2D eigenvalue weighted by Crippen LogP contribution is -2.42. The van der Waals surface area contributed by atoms with E-state index in [4.69, 9.17) is 9.47 Å². The molecule has 2 aliphatic heterocycles. The molecule has 2 heterocycles. The zero-order valence-electron chi connectivity index (χ0n) is 10.7. The minimum absolute atomic E-state index is 0.0308. The predicted molar refractivity (Wildman–Crippen MR) is 61.7 cm³/mol. The minimum Gasteiger partial charge on any atom is -0.444 e. The molecule has 5 heteroatoms. The number of amides is 1.